The van der Waals surface area contributed by atoms with Crippen molar-refractivity contribution >= 4 is 55.4 Å². The summed E-state index contributed by atoms with van der Waals surface area (Å²) in [6, 6.07) is 50.4. The van der Waals surface area contributed by atoms with Gasteiger partial charge in [-0.25, -0.2) is 0 Å². The fourth-order valence-corrected chi connectivity index (χ4v) is 6.44. The van der Waals surface area contributed by atoms with E-state index in [0.29, 0.717) is 5.84 Å². The van der Waals surface area contributed by atoms with Gasteiger partial charge in [-0.1, -0.05) is 121 Å². The first-order chi connectivity index (χ1) is 21.7. The summed E-state index contributed by atoms with van der Waals surface area (Å²) in [5.74, 6) is 0.791. The lowest BCUT2D eigenvalue weighted by Gasteiger charge is -2.13. The van der Waals surface area contributed by atoms with Crippen LogP contribution in [0.1, 0.15) is 5.56 Å². The van der Waals surface area contributed by atoms with Crippen LogP contribution in [0.5, 0.6) is 0 Å². The topological polar surface area (TPSA) is 58.1 Å². The molecule has 0 saturated heterocycles. The number of hydrogen-bond acceptors (Lipinski definition) is 1. The number of para-hydroxylation sites is 2. The molecule has 44 heavy (non-hydrogen) atoms. The highest BCUT2D eigenvalue weighted by atomic mass is 15.2. The van der Waals surface area contributed by atoms with Crippen molar-refractivity contribution in [3.05, 3.63) is 151 Å². The second kappa shape index (κ2) is 10.4. The van der Waals surface area contributed by atoms with Gasteiger partial charge >= 0.3 is 0 Å². The number of amidine groups is 1. The van der Waals surface area contributed by atoms with Crippen molar-refractivity contribution < 1.29 is 0 Å². The van der Waals surface area contributed by atoms with E-state index in [4.69, 9.17) is 4.99 Å². The molecule has 0 bridgehead atoms. The Bertz CT molecular complexity index is 2360. The predicted octanol–water partition coefficient (Wildman–Crippen LogP) is 9.01. The van der Waals surface area contributed by atoms with Gasteiger partial charge in [0, 0.05) is 39.8 Å². The van der Waals surface area contributed by atoms with Gasteiger partial charge < -0.3 is 9.88 Å². The largest absolute Gasteiger partial charge is 0.373 e. The van der Waals surface area contributed by atoms with Gasteiger partial charge in [-0.3, -0.25) is 9.98 Å². The summed E-state index contributed by atoms with van der Waals surface area (Å²) >= 11 is 0. The molecule has 0 saturated carbocycles. The molecule has 6 aromatic carbocycles. The Labute approximate surface area is 254 Å². The highest BCUT2D eigenvalue weighted by molar-refractivity contribution is 6.26. The molecule has 0 unspecified atom stereocenters. The third-order valence-corrected chi connectivity index (χ3v) is 8.41. The Morgan fingerprint density at radius 3 is 1.77 bits per heavy atom. The minimum atomic E-state index is 0.146. The molecule has 8 rings (SSSR count). The maximum Gasteiger partial charge on any atom is 0.229 e. The summed E-state index contributed by atoms with van der Waals surface area (Å²) in [6.07, 6.45) is 0. The molecule has 2 aromatic heterocycles. The van der Waals surface area contributed by atoms with Crippen LogP contribution in [0.4, 0.5) is 0 Å². The van der Waals surface area contributed by atoms with Crippen molar-refractivity contribution in [2.24, 2.45) is 4.99 Å². The Morgan fingerprint density at radius 2 is 1.09 bits per heavy atom. The Hall–Kier alpha value is -5.94. The summed E-state index contributed by atoms with van der Waals surface area (Å²) in [6.45, 7) is 0. The van der Waals surface area contributed by atoms with Gasteiger partial charge in [0.2, 0.25) is 5.96 Å². The highest BCUT2D eigenvalue weighted by Gasteiger charge is 2.22. The summed E-state index contributed by atoms with van der Waals surface area (Å²) in [5.41, 5.74) is 8.44. The Kier molecular flexibility index (Phi) is 6.09. The molecule has 0 spiro atoms. The SMILES string of the molecule is CNC(=NC(=N)n1c2ccccc2c2ccc3c4ccccc4n(-c4ccc(-c5ccccc5)cc4)c3c21)c1ccccc1. The van der Waals surface area contributed by atoms with E-state index in [2.05, 4.69) is 113 Å². The lowest BCUT2D eigenvalue weighted by Crippen LogP contribution is -2.23. The number of nitrogens with one attached hydrogen (secondary N) is 2. The van der Waals surface area contributed by atoms with Crippen LogP contribution in [0.25, 0.3) is 60.4 Å². The maximum atomic E-state index is 9.43. The van der Waals surface area contributed by atoms with Gasteiger partial charge in [0.05, 0.1) is 22.1 Å². The van der Waals surface area contributed by atoms with Crippen molar-refractivity contribution in [1.29, 1.82) is 5.41 Å². The molecule has 0 aliphatic heterocycles. The molecule has 0 amide bonds. The lowest BCUT2D eigenvalue weighted by atomic mass is 10.1. The molecule has 210 valence electrons. The van der Waals surface area contributed by atoms with E-state index in [1.54, 1.807) is 0 Å². The number of benzene rings is 6. The molecular weight excluding hydrogens is 538 g/mol. The van der Waals surface area contributed by atoms with Crippen LogP contribution in [0.2, 0.25) is 0 Å². The molecule has 0 fully saturated rings. The van der Waals surface area contributed by atoms with Gasteiger partial charge in [-0.2, -0.15) is 4.99 Å². The van der Waals surface area contributed by atoms with Crippen molar-refractivity contribution in [3.63, 3.8) is 0 Å². The Morgan fingerprint density at radius 1 is 0.545 bits per heavy atom. The number of aromatic nitrogens is 2. The summed E-state index contributed by atoms with van der Waals surface area (Å²) in [7, 11) is 1.85. The minimum Gasteiger partial charge on any atom is -0.373 e. The first kappa shape index (κ1) is 25.7. The van der Waals surface area contributed by atoms with Gasteiger partial charge in [0.1, 0.15) is 5.84 Å². The average molecular weight is 568 g/mol. The number of aliphatic imine (C=N–C) groups is 1. The van der Waals surface area contributed by atoms with Gasteiger partial charge in [0.15, 0.2) is 0 Å². The van der Waals surface area contributed by atoms with Crippen molar-refractivity contribution in [2.75, 3.05) is 7.05 Å². The molecule has 8 aromatic rings. The van der Waals surface area contributed by atoms with E-state index < -0.39 is 0 Å². The fourth-order valence-electron chi connectivity index (χ4n) is 6.44. The summed E-state index contributed by atoms with van der Waals surface area (Å²) < 4.78 is 4.34. The van der Waals surface area contributed by atoms with Crippen LogP contribution in [-0.4, -0.2) is 28.0 Å². The molecular formula is C39H29N5. The minimum absolute atomic E-state index is 0.146. The van der Waals surface area contributed by atoms with E-state index in [1.807, 2.05) is 54.1 Å². The lowest BCUT2D eigenvalue weighted by molar-refractivity contribution is 1.13. The fraction of sp³-hybridized carbons (Fsp3) is 0.0256. The van der Waals surface area contributed by atoms with Crippen LogP contribution in [-0.2, 0) is 0 Å². The third-order valence-electron chi connectivity index (χ3n) is 8.41. The van der Waals surface area contributed by atoms with Crippen molar-refractivity contribution in [1.82, 2.24) is 14.5 Å². The smallest absolute Gasteiger partial charge is 0.229 e. The number of fused-ring (bicyclic) bond motifs is 7. The van der Waals surface area contributed by atoms with Crippen LogP contribution < -0.4 is 5.32 Å². The molecule has 0 aliphatic rings. The predicted molar refractivity (Wildman–Crippen MR) is 184 cm³/mol. The first-order valence-corrected chi connectivity index (χ1v) is 14.7. The second-order valence-electron chi connectivity index (χ2n) is 10.9. The number of hydrogen-bond donors (Lipinski definition) is 2. The zero-order chi connectivity index (χ0) is 29.6. The second-order valence-corrected chi connectivity index (χ2v) is 10.9. The molecule has 0 aliphatic carbocycles. The van der Waals surface area contributed by atoms with E-state index in [9.17, 15) is 5.41 Å². The van der Waals surface area contributed by atoms with Crippen LogP contribution in [0.15, 0.2) is 151 Å². The first-order valence-electron chi connectivity index (χ1n) is 14.7. The molecule has 2 heterocycles. The van der Waals surface area contributed by atoms with Gasteiger partial charge in [-0.15, -0.1) is 0 Å². The van der Waals surface area contributed by atoms with Gasteiger partial charge in [0.25, 0.3) is 0 Å². The summed E-state index contributed by atoms with van der Waals surface area (Å²) in [4.78, 5) is 4.86. The van der Waals surface area contributed by atoms with E-state index >= 15 is 0 Å². The highest BCUT2D eigenvalue weighted by Crippen LogP contribution is 2.40. The molecule has 2 N–H and O–H groups in total. The maximum absolute atomic E-state index is 9.43. The Balaban J connectivity index is 1.44. The zero-order valence-corrected chi connectivity index (χ0v) is 24.2. The van der Waals surface area contributed by atoms with Gasteiger partial charge in [-0.05, 0) is 35.4 Å². The van der Waals surface area contributed by atoms with E-state index in [-0.39, 0.29) is 5.96 Å². The number of rotatable bonds is 3. The van der Waals surface area contributed by atoms with Crippen LogP contribution in [0, 0.1) is 5.41 Å². The zero-order valence-electron chi connectivity index (χ0n) is 24.2. The molecule has 0 atom stereocenters. The normalized spacial score (nSPS) is 12.0. The standard InChI is InChI=1S/C39H29N5/c1-41-38(28-14-6-3-7-15-28)42-39(40)44-35-19-11-9-17-31(35)33-25-24-32-30-16-8-10-18-34(30)43(36(32)37(33)44)29-22-20-27(21-23-29)26-12-4-2-5-13-26/h2-25H,1H3,(H2,40,41,42). The molecule has 5 heteroatoms. The van der Waals surface area contributed by atoms with Crippen molar-refractivity contribution in [2.45, 2.75) is 0 Å². The summed E-state index contributed by atoms with van der Waals surface area (Å²) in [5, 5.41) is 17.1. The monoisotopic (exact) mass is 567 g/mol. The molecule has 5 nitrogen and oxygen atoms in total. The van der Waals surface area contributed by atoms with Crippen LogP contribution >= 0.6 is 0 Å². The number of nitrogens with zero attached hydrogens (tertiary/aromatic N) is 3. The average Bonchev–Trinajstić information content (AvgIpc) is 3.61. The third kappa shape index (κ3) is 4.02. The quantitative estimate of drug-likeness (QED) is 0.162. The van der Waals surface area contributed by atoms with E-state index in [0.717, 1.165) is 49.5 Å². The van der Waals surface area contributed by atoms with Crippen LogP contribution in [0.3, 0.4) is 0 Å². The van der Waals surface area contributed by atoms with Crippen molar-refractivity contribution in [3.8, 4) is 16.8 Å². The molecule has 0 radical (unpaired) electrons. The van der Waals surface area contributed by atoms with E-state index in [1.165, 1.54) is 16.5 Å².